The maximum Gasteiger partial charge on any atom is 0.416 e. The third-order valence-corrected chi connectivity index (χ3v) is 6.08. The highest BCUT2D eigenvalue weighted by atomic mass is 32.1. The first-order chi connectivity index (χ1) is 17.0. The van der Waals surface area contributed by atoms with Crippen LogP contribution in [0.25, 0.3) is 5.69 Å². The van der Waals surface area contributed by atoms with E-state index in [9.17, 15) is 26.3 Å². The second-order valence-corrected chi connectivity index (χ2v) is 8.46. The average molecular weight is 518 g/mol. The summed E-state index contributed by atoms with van der Waals surface area (Å²) in [5.74, 6) is 0. The fourth-order valence-corrected chi connectivity index (χ4v) is 4.60. The summed E-state index contributed by atoms with van der Waals surface area (Å²) in [7, 11) is 0. The first kappa shape index (κ1) is 23.9. The monoisotopic (exact) mass is 518 g/mol. The lowest BCUT2D eigenvalue weighted by Crippen LogP contribution is -2.42. The quantitative estimate of drug-likeness (QED) is 0.225. The lowest BCUT2D eigenvalue weighted by atomic mass is 10.00. The Labute approximate surface area is 206 Å². The number of thiocarbonyl (C=S) groups is 1. The van der Waals surface area contributed by atoms with Crippen LogP contribution in [-0.2, 0) is 12.4 Å². The van der Waals surface area contributed by atoms with Crippen LogP contribution in [0, 0.1) is 0 Å². The van der Waals surface area contributed by atoms with E-state index in [1.165, 1.54) is 0 Å². The van der Waals surface area contributed by atoms with Crippen LogP contribution in [0.2, 0.25) is 0 Å². The summed E-state index contributed by atoms with van der Waals surface area (Å²) in [6, 6.07) is 15.3. The number of rotatable bonds is 2. The van der Waals surface area contributed by atoms with Crippen molar-refractivity contribution in [3.8, 4) is 5.69 Å². The largest absolute Gasteiger partial charge is 0.416 e. The van der Waals surface area contributed by atoms with Crippen molar-refractivity contribution in [2.75, 3.05) is 10.2 Å². The van der Waals surface area contributed by atoms with Crippen LogP contribution in [0.5, 0.6) is 0 Å². The summed E-state index contributed by atoms with van der Waals surface area (Å²) in [4.78, 5) is 5.85. The number of anilines is 2. The molecule has 0 saturated carbocycles. The van der Waals surface area contributed by atoms with Gasteiger partial charge in [0.15, 0.2) is 5.11 Å². The fourth-order valence-electron chi connectivity index (χ4n) is 4.27. The molecule has 0 unspecified atom stereocenters. The van der Waals surface area contributed by atoms with E-state index in [1.54, 1.807) is 35.5 Å². The van der Waals surface area contributed by atoms with Gasteiger partial charge in [-0.1, -0.05) is 18.2 Å². The van der Waals surface area contributed by atoms with Gasteiger partial charge in [-0.15, -0.1) is 0 Å². The zero-order valence-corrected chi connectivity index (χ0v) is 19.0. The van der Waals surface area contributed by atoms with Crippen LogP contribution >= 0.6 is 12.2 Å². The van der Waals surface area contributed by atoms with Gasteiger partial charge in [-0.05, 0) is 66.3 Å². The first-order valence-corrected chi connectivity index (χ1v) is 11.0. The molecule has 5 rings (SSSR count). The summed E-state index contributed by atoms with van der Waals surface area (Å²) < 4.78 is 82.3. The molecule has 1 N–H and O–H groups in total. The molecular formula is C25H16F6N4S. The zero-order chi connectivity index (χ0) is 25.7. The number of nitrogens with zero attached hydrogens (tertiary/aromatic N) is 3. The molecule has 0 fully saturated rings. The van der Waals surface area contributed by atoms with Crippen LogP contribution in [0.3, 0.4) is 0 Å². The number of aromatic nitrogens is 2. The number of para-hydroxylation sites is 2. The molecule has 2 aromatic carbocycles. The van der Waals surface area contributed by atoms with Crippen LogP contribution in [0.15, 0.2) is 85.3 Å². The Morgan fingerprint density at radius 3 is 2.11 bits per heavy atom. The average Bonchev–Trinajstić information content (AvgIpc) is 3.32. The minimum Gasteiger partial charge on any atom is -0.332 e. The van der Waals surface area contributed by atoms with Gasteiger partial charge in [0, 0.05) is 24.3 Å². The number of hydrogen-bond acceptors (Lipinski definition) is 2. The maximum atomic E-state index is 13.4. The number of nitrogens with one attached hydrogen (secondary N) is 1. The highest BCUT2D eigenvalue weighted by Gasteiger charge is 2.38. The predicted molar refractivity (Wildman–Crippen MR) is 127 cm³/mol. The number of pyridine rings is 1. The molecule has 1 aliphatic rings. The summed E-state index contributed by atoms with van der Waals surface area (Å²) >= 11 is 5.61. The Morgan fingerprint density at radius 1 is 0.833 bits per heavy atom. The van der Waals surface area contributed by atoms with Gasteiger partial charge >= 0.3 is 12.4 Å². The lowest BCUT2D eigenvalue weighted by Gasteiger charge is -2.40. The van der Waals surface area contributed by atoms with Crippen molar-refractivity contribution in [2.24, 2.45) is 0 Å². The van der Waals surface area contributed by atoms with Crippen LogP contribution in [0.1, 0.15) is 28.4 Å². The number of benzene rings is 2. The molecule has 11 heteroatoms. The molecule has 0 radical (unpaired) electrons. The van der Waals surface area contributed by atoms with E-state index in [4.69, 9.17) is 12.2 Å². The van der Waals surface area contributed by atoms with E-state index >= 15 is 0 Å². The molecule has 4 aromatic rings. The van der Waals surface area contributed by atoms with E-state index < -0.39 is 35.2 Å². The molecule has 1 atom stereocenters. The minimum atomic E-state index is -4.98. The van der Waals surface area contributed by atoms with Gasteiger partial charge in [0.25, 0.3) is 0 Å². The second kappa shape index (κ2) is 8.66. The van der Waals surface area contributed by atoms with Gasteiger partial charge in [0.1, 0.15) is 6.04 Å². The van der Waals surface area contributed by atoms with Gasteiger partial charge in [-0.3, -0.25) is 4.98 Å². The van der Waals surface area contributed by atoms with Gasteiger partial charge < -0.3 is 14.8 Å². The van der Waals surface area contributed by atoms with Gasteiger partial charge in [-0.25, -0.2) is 0 Å². The smallest absolute Gasteiger partial charge is 0.332 e. The van der Waals surface area contributed by atoms with Gasteiger partial charge in [0.2, 0.25) is 0 Å². The Balaban J connectivity index is 1.62. The number of halogens is 6. The molecule has 0 spiro atoms. The van der Waals surface area contributed by atoms with Crippen LogP contribution in [-0.4, -0.2) is 14.7 Å². The molecule has 0 amide bonds. The van der Waals surface area contributed by atoms with Crippen molar-refractivity contribution in [3.05, 3.63) is 108 Å². The van der Waals surface area contributed by atoms with E-state index in [0.717, 1.165) is 16.9 Å². The summed E-state index contributed by atoms with van der Waals surface area (Å²) in [5, 5.41) is 2.56. The molecule has 4 nitrogen and oxygen atoms in total. The van der Waals surface area contributed by atoms with Crippen molar-refractivity contribution >= 4 is 28.7 Å². The van der Waals surface area contributed by atoms with Crippen molar-refractivity contribution in [3.63, 3.8) is 0 Å². The SMILES string of the molecule is FC(F)(F)c1cc(NC(=S)N2c3ccccc3-n3cccc3[C@@H]2c2cccnc2)cc(C(F)(F)F)c1. The van der Waals surface area contributed by atoms with Crippen molar-refractivity contribution in [1.82, 2.24) is 9.55 Å². The Bertz CT molecular complexity index is 1400. The maximum absolute atomic E-state index is 13.4. The van der Waals surface area contributed by atoms with Crippen molar-refractivity contribution < 1.29 is 26.3 Å². The highest BCUT2D eigenvalue weighted by Crippen LogP contribution is 2.43. The van der Waals surface area contributed by atoms with E-state index in [1.807, 2.05) is 41.1 Å². The molecule has 0 saturated heterocycles. The molecule has 1 aliphatic heterocycles. The molecule has 3 heterocycles. The van der Waals surface area contributed by atoms with E-state index in [2.05, 4.69) is 10.3 Å². The third kappa shape index (κ3) is 4.30. The molecule has 36 heavy (non-hydrogen) atoms. The predicted octanol–water partition coefficient (Wildman–Crippen LogP) is 7.22. The summed E-state index contributed by atoms with van der Waals surface area (Å²) in [5.41, 5.74) is -0.386. The number of fused-ring (bicyclic) bond motifs is 3. The summed E-state index contributed by atoms with van der Waals surface area (Å²) in [6.45, 7) is 0. The molecule has 0 aliphatic carbocycles. The highest BCUT2D eigenvalue weighted by molar-refractivity contribution is 7.80. The Kier molecular flexibility index (Phi) is 5.74. The lowest BCUT2D eigenvalue weighted by molar-refractivity contribution is -0.143. The third-order valence-electron chi connectivity index (χ3n) is 5.78. The minimum absolute atomic E-state index is 0.0730. The first-order valence-electron chi connectivity index (χ1n) is 10.6. The second-order valence-electron chi connectivity index (χ2n) is 8.08. The van der Waals surface area contributed by atoms with Gasteiger partial charge in [-0.2, -0.15) is 26.3 Å². The van der Waals surface area contributed by atoms with Gasteiger partial charge in [0.05, 0.1) is 28.2 Å². The van der Waals surface area contributed by atoms with E-state index in [0.29, 0.717) is 17.8 Å². The number of hydrogen-bond donors (Lipinski definition) is 1. The molecule has 184 valence electrons. The normalized spacial score (nSPS) is 15.3. The Hall–Kier alpha value is -3.86. The fraction of sp³-hybridized carbons (Fsp3) is 0.120. The van der Waals surface area contributed by atoms with Crippen molar-refractivity contribution in [2.45, 2.75) is 18.4 Å². The van der Waals surface area contributed by atoms with Crippen molar-refractivity contribution in [1.29, 1.82) is 0 Å². The summed E-state index contributed by atoms with van der Waals surface area (Å²) in [6.07, 6.45) is -4.85. The zero-order valence-electron chi connectivity index (χ0n) is 18.2. The molecular weight excluding hydrogens is 502 g/mol. The van der Waals surface area contributed by atoms with Crippen LogP contribution in [0.4, 0.5) is 37.7 Å². The standard InChI is InChI=1S/C25H16F6N4S/c26-24(27,28)16-11-17(25(29,30)31)13-18(12-16)33-23(36)35-20-7-2-1-6-19(20)34-10-4-8-21(34)22(35)15-5-3-9-32-14-15/h1-14,22H,(H,33,36)/t22-/m0/s1. The Morgan fingerprint density at radius 2 is 1.50 bits per heavy atom. The molecule has 0 bridgehead atoms. The molecule has 2 aromatic heterocycles. The van der Waals surface area contributed by atoms with E-state index in [-0.39, 0.29) is 11.2 Å². The van der Waals surface area contributed by atoms with Crippen LogP contribution < -0.4 is 10.2 Å². The number of alkyl halides is 6. The topological polar surface area (TPSA) is 33.1 Å².